The Morgan fingerprint density at radius 3 is 2.29 bits per heavy atom. The van der Waals surface area contributed by atoms with Gasteiger partial charge in [-0.05, 0) is 43.9 Å². The van der Waals surface area contributed by atoms with E-state index in [-0.39, 0.29) is 17.8 Å². The summed E-state index contributed by atoms with van der Waals surface area (Å²) in [5.41, 5.74) is 6.16. The van der Waals surface area contributed by atoms with Gasteiger partial charge in [0.2, 0.25) is 5.91 Å². The first-order valence-corrected chi connectivity index (χ1v) is 7.43. The molecule has 21 heavy (non-hydrogen) atoms. The summed E-state index contributed by atoms with van der Waals surface area (Å²) < 4.78 is 13.0. The fourth-order valence-corrected chi connectivity index (χ4v) is 2.24. The molecule has 0 aliphatic rings. The van der Waals surface area contributed by atoms with E-state index in [1.54, 1.807) is 24.1 Å². The van der Waals surface area contributed by atoms with Crippen molar-refractivity contribution in [1.82, 2.24) is 4.90 Å². The topological polar surface area (TPSA) is 46.3 Å². The average molecular weight is 294 g/mol. The smallest absolute Gasteiger partial charge is 0.232 e. The Morgan fingerprint density at radius 2 is 1.81 bits per heavy atom. The maximum atomic E-state index is 13.0. The zero-order chi connectivity index (χ0) is 16.2. The summed E-state index contributed by atoms with van der Waals surface area (Å²) in [6.07, 6.45) is 0.777. The van der Waals surface area contributed by atoms with Gasteiger partial charge < -0.3 is 10.6 Å². The molecule has 1 rings (SSSR count). The van der Waals surface area contributed by atoms with Crippen molar-refractivity contribution in [1.29, 1.82) is 0 Å². The summed E-state index contributed by atoms with van der Waals surface area (Å²) in [4.78, 5) is 14.3. The van der Waals surface area contributed by atoms with E-state index in [4.69, 9.17) is 5.73 Å². The van der Waals surface area contributed by atoms with Gasteiger partial charge in [-0.3, -0.25) is 4.79 Å². The van der Waals surface area contributed by atoms with Crippen LogP contribution in [0, 0.1) is 11.7 Å². The van der Waals surface area contributed by atoms with Crippen LogP contribution in [0.5, 0.6) is 0 Å². The summed E-state index contributed by atoms with van der Waals surface area (Å²) in [5, 5.41) is 0. The van der Waals surface area contributed by atoms with Crippen LogP contribution in [-0.2, 0) is 10.2 Å². The predicted octanol–water partition coefficient (Wildman–Crippen LogP) is 2.94. The van der Waals surface area contributed by atoms with Crippen molar-refractivity contribution in [2.45, 2.75) is 45.6 Å². The Hall–Kier alpha value is -1.42. The van der Waals surface area contributed by atoms with E-state index in [1.807, 2.05) is 13.8 Å². The van der Waals surface area contributed by atoms with Crippen molar-refractivity contribution >= 4 is 5.91 Å². The van der Waals surface area contributed by atoms with Crippen LogP contribution in [0.2, 0.25) is 0 Å². The van der Waals surface area contributed by atoms with Crippen molar-refractivity contribution in [2.24, 2.45) is 11.7 Å². The van der Waals surface area contributed by atoms with Gasteiger partial charge in [-0.1, -0.05) is 26.0 Å². The van der Waals surface area contributed by atoms with E-state index >= 15 is 0 Å². The average Bonchev–Trinajstić information content (AvgIpc) is 2.43. The van der Waals surface area contributed by atoms with E-state index in [0.29, 0.717) is 12.5 Å². The fourth-order valence-electron chi connectivity index (χ4n) is 2.24. The molecule has 1 amide bonds. The molecule has 2 N–H and O–H groups in total. The SMILES string of the molecule is CC(C)C(N)CCN(C)C(=O)C(C)(C)c1ccc(F)cc1. The summed E-state index contributed by atoms with van der Waals surface area (Å²) in [6, 6.07) is 6.20. The first kappa shape index (κ1) is 17.6. The highest BCUT2D eigenvalue weighted by atomic mass is 19.1. The van der Waals surface area contributed by atoms with Crippen LogP contribution in [0.4, 0.5) is 4.39 Å². The highest BCUT2D eigenvalue weighted by Crippen LogP contribution is 2.25. The number of likely N-dealkylation sites (N-methyl/N-ethyl adjacent to an activating group) is 1. The number of nitrogens with two attached hydrogens (primary N) is 1. The molecule has 0 bridgehead atoms. The van der Waals surface area contributed by atoms with Gasteiger partial charge in [0.05, 0.1) is 5.41 Å². The van der Waals surface area contributed by atoms with Gasteiger partial charge in [0.1, 0.15) is 5.82 Å². The Balaban J connectivity index is 2.73. The van der Waals surface area contributed by atoms with Crippen LogP contribution in [0.25, 0.3) is 0 Å². The molecule has 4 heteroatoms. The molecule has 0 saturated heterocycles. The van der Waals surface area contributed by atoms with Crippen molar-refractivity contribution in [3.8, 4) is 0 Å². The number of benzene rings is 1. The molecule has 118 valence electrons. The van der Waals surface area contributed by atoms with Gasteiger partial charge in [-0.2, -0.15) is 0 Å². The molecule has 0 radical (unpaired) electrons. The van der Waals surface area contributed by atoms with Crippen molar-refractivity contribution in [2.75, 3.05) is 13.6 Å². The summed E-state index contributed by atoms with van der Waals surface area (Å²) in [6.45, 7) is 8.51. The van der Waals surface area contributed by atoms with Crippen LogP contribution < -0.4 is 5.73 Å². The maximum Gasteiger partial charge on any atom is 0.232 e. The molecule has 0 saturated carbocycles. The van der Waals surface area contributed by atoms with Gasteiger partial charge in [0.15, 0.2) is 0 Å². The predicted molar refractivity (Wildman–Crippen MR) is 84.5 cm³/mol. The Kier molecular flexibility index (Phi) is 5.90. The second-order valence-corrected chi connectivity index (χ2v) is 6.56. The Labute approximate surface area is 127 Å². The Bertz CT molecular complexity index is 468. The minimum Gasteiger partial charge on any atom is -0.345 e. The van der Waals surface area contributed by atoms with E-state index in [1.165, 1.54) is 12.1 Å². The largest absolute Gasteiger partial charge is 0.345 e. The highest BCUT2D eigenvalue weighted by molar-refractivity contribution is 5.87. The molecule has 0 aliphatic carbocycles. The number of amides is 1. The molecule has 0 heterocycles. The molecule has 0 spiro atoms. The monoisotopic (exact) mass is 294 g/mol. The zero-order valence-electron chi connectivity index (χ0n) is 13.7. The van der Waals surface area contributed by atoms with Gasteiger partial charge >= 0.3 is 0 Å². The van der Waals surface area contributed by atoms with E-state index in [2.05, 4.69) is 13.8 Å². The lowest BCUT2D eigenvalue weighted by Crippen LogP contribution is -2.43. The van der Waals surface area contributed by atoms with Crippen LogP contribution in [0.3, 0.4) is 0 Å². The van der Waals surface area contributed by atoms with E-state index in [9.17, 15) is 9.18 Å². The lowest BCUT2D eigenvalue weighted by Gasteiger charge is -2.31. The molecule has 0 aromatic heterocycles. The molecule has 1 unspecified atom stereocenters. The third-order valence-electron chi connectivity index (χ3n) is 4.10. The fraction of sp³-hybridized carbons (Fsp3) is 0.588. The first-order valence-electron chi connectivity index (χ1n) is 7.43. The minimum absolute atomic E-state index is 0.0186. The first-order chi connectivity index (χ1) is 9.66. The normalized spacial score (nSPS) is 13.3. The standard InChI is InChI=1S/C17H27FN2O/c1-12(2)15(19)10-11-20(5)16(21)17(3,4)13-6-8-14(18)9-7-13/h6-9,12,15H,10-11,19H2,1-5H3. The van der Waals surface area contributed by atoms with Crippen molar-refractivity contribution in [3.05, 3.63) is 35.6 Å². The van der Waals surface area contributed by atoms with Crippen LogP contribution in [0.15, 0.2) is 24.3 Å². The molecule has 1 aromatic carbocycles. The van der Waals surface area contributed by atoms with Gasteiger partial charge in [0.25, 0.3) is 0 Å². The van der Waals surface area contributed by atoms with Crippen molar-refractivity contribution in [3.63, 3.8) is 0 Å². The quantitative estimate of drug-likeness (QED) is 0.877. The number of hydrogen-bond acceptors (Lipinski definition) is 2. The second-order valence-electron chi connectivity index (χ2n) is 6.56. The van der Waals surface area contributed by atoms with Gasteiger partial charge in [-0.15, -0.1) is 0 Å². The third-order valence-corrected chi connectivity index (χ3v) is 4.10. The summed E-state index contributed by atoms with van der Waals surface area (Å²) in [7, 11) is 1.79. The number of nitrogens with zero attached hydrogens (tertiary/aromatic N) is 1. The molecular weight excluding hydrogens is 267 g/mol. The second kappa shape index (κ2) is 7.03. The van der Waals surface area contributed by atoms with E-state index in [0.717, 1.165) is 12.0 Å². The van der Waals surface area contributed by atoms with Crippen LogP contribution >= 0.6 is 0 Å². The number of halogens is 1. The lowest BCUT2D eigenvalue weighted by atomic mass is 9.83. The Morgan fingerprint density at radius 1 is 1.29 bits per heavy atom. The number of carbonyl (C=O) groups excluding carboxylic acids is 1. The van der Waals surface area contributed by atoms with Gasteiger partial charge in [-0.25, -0.2) is 4.39 Å². The molecule has 0 fully saturated rings. The number of hydrogen-bond donors (Lipinski definition) is 1. The molecule has 3 nitrogen and oxygen atoms in total. The molecular formula is C17H27FN2O. The molecule has 1 atom stereocenters. The lowest BCUT2D eigenvalue weighted by molar-refractivity contribution is -0.135. The third kappa shape index (κ3) is 4.53. The highest BCUT2D eigenvalue weighted by Gasteiger charge is 2.32. The van der Waals surface area contributed by atoms with Crippen molar-refractivity contribution < 1.29 is 9.18 Å². The number of rotatable bonds is 6. The molecule has 0 aliphatic heterocycles. The van der Waals surface area contributed by atoms with Gasteiger partial charge in [0, 0.05) is 19.6 Å². The van der Waals surface area contributed by atoms with Crippen LogP contribution in [0.1, 0.15) is 39.7 Å². The summed E-state index contributed by atoms with van der Waals surface area (Å²) >= 11 is 0. The molecule has 1 aromatic rings. The summed E-state index contributed by atoms with van der Waals surface area (Å²) in [5.74, 6) is 0.127. The number of carbonyl (C=O) groups is 1. The zero-order valence-corrected chi connectivity index (χ0v) is 13.7. The van der Waals surface area contributed by atoms with Crippen LogP contribution in [-0.4, -0.2) is 30.4 Å². The maximum absolute atomic E-state index is 13.0. The minimum atomic E-state index is -0.676. The van der Waals surface area contributed by atoms with E-state index < -0.39 is 5.41 Å².